The molecule has 0 aliphatic carbocycles. The lowest BCUT2D eigenvalue weighted by Gasteiger charge is -2.22. The number of nitrogens with zero attached hydrogens (tertiary/aromatic N) is 2. The summed E-state index contributed by atoms with van der Waals surface area (Å²) in [5.74, 6) is -0.299. The van der Waals surface area contributed by atoms with Crippen LogP contribution in [-0.4, -0.2) is 46.6 Å². The van der Waals surface area contributed by atoms with Crippen molar-refractivity contribution in [3.63, 3.8) is 0 Å². The van der Waals surface area contributed by atoms with Crippen LogP contribution in [-0.2, 0) is 4.79 Å². The molecule has 24 heavy (non-hydrogen) atoms. The summed E-state index contributed by atoms with van der Waals surface area (Å²) in [5.41, 5.74) is 1.30. The summed E-state index contributed by atoms with van der Waals surface area (Å²) in [6, 6.07) is 7.26. The molecule has 7 heteroatoms. The van der Waals surface area contributed by atoms with E-state index in [1.165, 1.54) is 11.3 Å². The minimum atomic E-state index is -0.878. The molecule has 1 aliphatic heterocycles. The average Bonchev–Trinajstić information content (AvgIpc) is 3.23. The zero-order chi connectivity index (χ0) is 17.1. The number of hydrogen-bond donors (Lipinski definition) is 1. The molecular weight excluding hydrogens is 328 g/mol. The number of thiazole rings is 1. The Labute approximate surface area is 143 Å². The van der Waals surface area contributed by atoms with Crippen LogP contribution in [0.15, 0.2) is 29.6 Å². The van der Waals surface area contributed by atoms with Crippen molar-refractivity contribution >= 4 is 23.2 Å². The molecule has 1 fully saturated rings. The zero-order valence-electron chi connectivity index (χ0n) is 13.3. The number of ether oxygens (including phenoxy) is 1. The number of aromatic nitrogens is 1. The van der Waals surface area contributed by atoms with Crippen LogP contribution in [0.25, 0.3) is 10.6 Å². The van der Waals surface area contributed by atoms with Gasteiger partial charge in [0.1, 0.15) is 16.5 Å². The van der Waals surface area contributed by atoms with Crippen molar-refractivity contribution < 1.29 is 19.4 Å². The van der Waals surface area contributed by atoms with Crippen LogP contribution in [0.2, 0.25) is 0 Å². The van der Waals surface area contributed by atoms with E-state index in [-0.39, 0.29) is 18.4 Å². The lowest BCUT2D eigenvalue weighted by molar-refractivity contribution is -0.137. The van der Waals surface area contributed by atoms with E-state index in [0.29, 0.717) is 12.2 Å². The number of rotatable bonds is 5. The van der Waals surface area contributed by atoms with Crippen LogP contribution in [0.1, 0.15) is 29.8 Å². The van der Waals surface area contributed by atoms with Gasteiger partial charge in [-0.3, -0.25) is 9.59 Å². The Morgan fingerprint density at radius 3 is 2.79 bits per heavy atom. The SMILES string of the molecule is COc1ccc(-c2nc(C(=O)N3CCCC3CC(=O)O)cs2)cc1. The van der Waals surface area contributed by atoms with Crippen molar-refractivity contribution in [2.45, 2.75) is 25.3 Å². The van der Waals surface area contributed by atoms with E-state index >= 15 is 0 Å². The number of hydrogen-bond acceptors (Lipinski definition) is 5. The molecular formula is C17H18N2O4S. The van der Waals surface area contributed by atoms with Crippen LogP contribution >= 0.6 is 11.3 Å². The number of carbonyl (C=O) groups is 2. The first-order valence-corrected chi connectivity index (χ1v) is 8.59. The number of amides is 1. The lowest BCUT2D eigenvalue weighted by atomic mass is 10.1. The van der Waals surface area contributed by atoms with Crippen molar-refractivity contribution in [2.75, 3.05) is 13.7 Å². The summed E-state index contributed by atoms with van der Waals surface area (Å²) in [6.07, 6.45) is 1.55. The molecule has 6 nitrogen and oxygen atoms in total. The molecule has 1 atom stereocenters. The van der Waals surface area contributed by atoms with Crippen molar-refractivity contribution in [3.8, 4) is 16.3 Å². The predicted octanol–water partition coefficient (Wildman–Crippen LogP) is 2.90. The van der Waals surface area contributed by atoms with Gasteiger partial charge >= 0.3 is 5.97 Å². The third kappa shape index (κ3) is 3.41. The monoisotopic (exact) mass is 346 g/mol. The number of carboxylic acid groups (broad SMARTS) is 1. The fourth-order valence-electron chi connectivity index (χ4n) is 2.90. The van der Waals surface area contributed by atoms with Crippen LogP contribution < -0.4 is 4.74 Å². The zero-order valence-corrected chi connectivity index (χ0v) is 14.1. The van der Waals surface area contributed by atoms with Gasteiger partial charge in [-0.05, 0) is 37.1 Å². The summed E-state index contributed by atoms with van der Waals surface area (Å²) in [7, 11) is 1.61. The first-order chi connectivity index (χ1) is 11.6. The fraction of sp³-hybridized carbons (Fsp3) is 0.353. The molecule has 2 aromatic rings. The van der Waals surface area contributed by atoms with Crippen molar-refractivity contribution in [2.24, 2.45) is 0 Å². The Balaban J connectivity index is 1.76. The molecule has 126 valence electrons. The van der Waals surface area contributed by atoms with Gasteiger partial charge in [0.2, 0.25) is 0 Å². The minimum Gasteiger partial charge on any atom is -0.497 e. The van der Waals surface area contributed by atoms with Crippen LogP contribution in [0.4, 0.5) is 0 Å². The second kappa shape index (κ2) is 7.00. The molecule has 1 amide bonds. The van der Waals surface area contributed by atoms with Gasteiger partial charge in [-0.15, -0.1) is 11.3 Å². The summed E-state index contributed by atoms with van der Waals surface area (Å²) in [5, 5.41) is 11.5. The number of carbonyl (C=O) groups excluding carboxylic acids is 1. The van der Waals surface area contributed by atoms with E-state index in [0.717, 1.165) is 29.2 Å². The third-order valence-corrected chi connectivity index (χ3v) is 5.00. The molecule has 0 bridgehead atoms. The molecule has 1 unspecified atom stereocenters. The van der Waals surface area contributed by atoms with Gasteiger partial charge in [0.15, 0.2) is 0 Å². The number of methoxy groups -OCH3 is 1. The Kier molecular flexibility index (Phi) is 4.80. The molecule has 1 aromatic carbocycles. The first-order valence-electron chi connectivity index (χ1n) is 7.71. The van der Waals surface area contributed by atoms with E-state index in [2.05, 4.69) is 4.98 Å². The van der Waals surface area contributed by atoms with Gasteiger partial charge in [0, 0.05) is 23.5 Å². The average molecular weight is 346 g/mol. The molecule has 1 N–H and O–H groups in total. The molecule has 0 spiro atoms. The molecule has 3 rings (SSSR count). The normalized spacial score (nSPS) is 17.0. The Morgan fingerprint density at radius 1 is 1.38 bits per heavy atom. The standard InChI is InChI=1S/C17H18N2O4S/c1-23-13-6-4-11(5-7-13)16-18-14(10-24-16)17(22)19-8-2-3-12(19)9-15(20)21/h4-7,10,12H,2-3,8-9H2,1H3,(H,20,21). The van der Waals surface area contributed by atoms with E-state index in [9.17, 15) is 9.59 Å². The number of carboxylic acids is 1. The predicted molar refractivity (Wildman–Crippen MR) is 90.4 cm³/mol. The number of aliphatic carboxylic acids is 1. The topological polar surface area (TPSA) is 79.7 Å². The fourth-order valence-corrected chi connectivity index (χ4v) is 3.70. The van der Waals surface area contributed by atoms with Crippen molar-refractivity contribution in [3.05, 3.63) is 35.3 Å². The van der Waals surface area contributed by atoms with Gasteiger partial charge in [-0.2, -0.15) is 0 Å². The molecule has 2 heterocycles. The van der Waals surface area contributed by atoms with Gasteiger partial charge < -0.3 is 14.7 Å². The van der Waals surface area contributed by atoms with Crippen molar-refractivity contribution in [1.82, 2.24) is 9.88 Å². The van der Waals surface area contributed by atoms with Crippen LogP contribution in [0.3, 0.4) is 0 Å². The quantitative estimate of drug-likeness (QED) is 0.900. The van der Waals surface area contributed by atoms with Crippen molar-refractivity contribution in [1.29, 1.82) is 0 Å². The largest absolute Gasteiger partial charge is 0.497 e. The Bertz CT molecular complexity index is 741. The highest BCUT2D eigenvalue weighted by molar-refractivity contribution is 7.13. The van der Waals surface area contributed by atoms with Gasteiger partial charge in [0.05, 0.1) is 13.5 Å². The van der Waals surface area contributed by atoms with Crippen LogP contribution in [0, 0.1) is 0 Å². The van der Waals surface area contributed by atoms with E-state index in [1.807, 2.05) is 24.3 Å². The summed E-state index contributed by atoms with van der Waals surface area (Å²) < 4.78 is 5.13. The van der Waals surface area contributed by atoms with E-state index < -0.39 is 5.97 Å². The number of benzene rings is 1. The summed E-state index contributed by atoms with van der Waals surface area (Å²) in [6.45, 7) is 0.589. The molecule has 1 saturated heterocycles. The minimum absolute atomic E-state index is 0.0127. The van der Waals surface area contributed by atoms with Gasteiger partial charge in [-0.25, -0.2) is 4.98 Å². The second-order valence-electron chi connectivity index (χ2n) is 5.66. The lowest BCUT2D eigenvalue weighted by Crippen LogP contribution is -2.37. The van der Waals surface area contributed by atoms with Crippen LogP contribution in [0.5, 0.6) is 5.75 Å². The summed E-state index contributed by atoms with van der Waals surface area (Å²) in [4.78, 5) is 29.7. The molecule has 0 radical (unpaired) electrons. The maximum Gasteiger partial charge on any atom is 0.305 e. The highest BCUT2D eigenvalue weighted by atomic mass is 32.1. The van der Waals surface area contributed by atoms with E-state index in [4.69, 9.17) is 9.84 Å². The second-order valence-corrected chi connectivity index (χ2v) is 6.52. The maximum atomic E-state index is 12.6. The molecule has 1 aliphatic rings. The smallest absolute Gasteiger partial charge is 0.305 e. The third-order valence-electron chi connectivity index (χ3n) is 4.11. The Hall–Kier alpha value is -2.41. The Morgan fingerprint density at radius 2 is 2.12 bits per heavy atom. The van der Waals surface area contributed by atoms with Gasteiger partial charge in [-0.1, -0.05) is 0 Å². The van der Waals surface area contributed by atoms with E-state index in [1.54, 1.807) is 17.4 Å². The molecule has 0 saturated carbocycles. The maximum absolute atomic E-state index is 12.6. The highest BCUT2D eigenvalue weighted by Crippen LogP contribution is 2.28. The first kappa shape index (κ1) is 16.4. The van der Waals surface area contributed by atoms with Gasteiger partial charge in [0.25, 0.3) is 5.91 Å². The highest BCUT2D eigenvalue weighted by Gasteiger charge is 2.32. The summed E-state index contributed by atoms with van der Waals surface area (Å²) >= 11 is 1.40. The number of likely N-dealkylation sites (tertiary alicyclic amines) is 1. The molecule has 1 aromatic heterocycles.